The lowest BCUT2D eigenvalue weighted by molar-refractivity contribution is 0.322. The zero-order valence-electron chi connectivity index (χ0n) is 6.20. The Morgan fingerprint density at radius 3 is 2.36 bits per heavy atom. The summed E-state index contributed by atoms with van der Waals surface area (Å²) in [6.45, 7) is 1.85. The molecule has 0 aliphatic rings. The largest absolute Gasteiger partial charge is 0.412 e. The molecule has 60 valence electrons. The van der Waals surface area contributed by atoms with Crippen LogP contribution < -0.4 is 21.5 Å². The molecule has 0 fully saturated rings. The molecule has 0 saturated carbocycles. The molecular weight excluding hydrogens is 144 g/mol. The first-order valence-corrected chi connectivity index (χ1v) is 3.12. The molecule has 0 unspecified atom stereocenters. The highest BCUT2D eigenvalue weighted by Gasteiger charge is 1.99. The minimum Gasteiger partial charge on any atom is -0.412 e. The highest BCUT2D eigenvalue weighted by atomic mass is 16.6. The maximum atomic E-state index is 4.97. The van der Waals surface area contributed by atoms with E-state index in [0.29, 0.717) is 11.5 Å². The van der Waals surface area contributed by atoms with Crippen LogP contribution in [0, 0.1) is 6.92 Å². The van der Waals surface area contributed by atoms with Crippen molar-refractivity contribution in [1.29, 1.82) is 0 Å². The molecule has 0 amide bonds. The predicted octanol–water partition coefficient (Wildman–Crippen LogP) is 0.500. The van der Waals surface area contributed by atoms with E-state index in [1.54, 1.807) is 18.2 Å². The minimum absolute atomic E-state index is 0.586. The first kappa shape index (κ1) is 7.84. The van der Waals surface area contributed by atoms with Crippen molar-refractivity contribution in [2.24, 2.45) is 11.8 Å². The number of rotatable bonds is 2. The Morgan fingerprint density at radius 1 is 1.18 bits per heavy atom. The van der Waals surface area contributed by atoms with Crippen LogP contribution in [0.15, 0.2) is 18.2 Å². The van der Waals surface area contributed by atoms with Gasteiger partial charge in [-0.3, -0.25) is 0 Å². The van der Waals surface area contributed by atoms with Crippen LogP contribution in [0.1, 0.15) is 5.56 Å². The molecule has 0 aliphatic heterocycles. The standard InChI is InChI=1S/C7H10N2O2/c1-5-4-6(10-8)2-3-7(5)11-9/h2-4H,8-9H2,1H3. The zero-order valence-corrected chi connectivity index (χ0v) is 6.20. The first-order chi connectivity index (χ1) is 5.27. The molecule has 4 nitrogen and oxygen atoms in total. The third-order valence-corrected chi connectivity index (χ3v) is 1.41. The normalized spacial score (nSPS) is 9.36. The second-order valence-corrected chi connectivity index (χ2v) is 2.16. The molecule has 0 spiro atoms. The van der Waals surface area contributed by atoms with Gasteiger partial charge in [-0.05, 0) is 30.7 Å². The van der Waals surface area contributed by atoms with E-state index in [9.17, 15) is 0 Å². The van der Waals surface area contributed by atoms with Gasteiger partial charge in [0, 0.05) is 0 Å². The van der Waals surface area contributed by atoms with Gasteiger partial charge in [-0.1, -0.05) is 0 Å². The van der Waals surface area contributed by atoms with Crippen molar-refractivity contribution in [2.75, 3.05) is 0 Å². The lowest BCUT2D eigenvalue weighted by Gasteiger charge is -2.04. The molecule has 0 radical (unpaired) electrons. The molecule has 0 aliphatic carbocycles. The van der Waals surface area contributed by atoms with Crippen molar-refractivity contribution < 1.29 is 9.68 Å². The van der Waals surface area contributed by atoms with Crippen LogP contribution in [-0.4, -0.2) is 0 Å². The molecule has 0 atom stereocenters. The summed E-state index contributed by atoms with van der Waals surface area (Å²) in [6, 6.07) is 5.11. The van der Waals surface area contributed by atoms with E-state index >= 15 is 0 Å². The van der Waals surface area contributed by atoms with E-state index in [0.717, 1.165) is 5.56 Å². The molecule has 1 aromatic carbocycles. The summed E-state index contributed by atoms with van der Waals surface area (Å²) in [4.78, 5) is 9.05. The van der Waals surface area contributed by atoms with Crippen LogP contribution in [0.2, 0.25) is 0 Å². The number of hydrogen-bond acceptors (Lipinski definition) is 4. The van der Waals surface area contributed by atoms with Gasteiger partial charge in [-0.2, -0.15) is 11.8 Å². The molecule has 1 aromatic rings. The lowest BCUT2D eigenvalue weighted by Crippen LogP contribution is -2.05. The van der Waals surface area contributed by atoms with Crippen LogP contribution in [0.4, 0.5) is 0 Å². The monoisotopic (exact) mass is 154 g/mol. The van der Waals surface area contributed by atoms with E-state index < -0.39 is 0 Å². The van der Waals surface area contributed by atoms with Gasteiger partial charge in [0.1, 0.15) is 11.5 Å². The summed E-state index contributed by atoms with van der Waals surface area (Å²) in [5.74, 6) is 11.1. The van der Waals surface area contributed by atoms with E-state index in [1.165, 1.54) is 0 Å². The summed E-state index contributed by atoms with van der Waals surface area (Å²) in [7, 11) is 0. The fourth-order valence-corrected chi connectivity index (χ4v) is 0.827. The van der Waals surface area contributed by atoms with Gasteiger partial charge in [-0.15, -0.1) is 0 Å². The van der Waals surface area contributed by atoms with Gasteiger partial charge < -0.3 is 9.68 Å². The van der Waals surface area contributed by atoms with Crippen molar-refractivity contribution in [3.05, 3.63) is 23.8 Å². The van der Waals surface area contributed by atoms with Crippen LogP contribution in [0.3, 0.4) is 0 Å². The molecule has 11 heavy (non-hydrogen) atoms. The van der Waals surface area contributed by atoms with Gasteiger partial charge in [0.25, 0.3) is 0 Å². The third kappa shape index (κ3) is 1.60. The quantitative estimate of drug-likeness (QED) is 0.608. The van der Waals surface area contributed by atoms with E-state index in [2.05, 4.69) is 9.68 Å². The second kappa shape index (κ2) is 3.23. The van der Waals surface area contributed by atoms with Gasteiger partial charge >= 0.3 is 0 Å². The smallest absolute Gasteiger partial charge is 0.150 e. The predicted molar refractivity (Wildman–Crippen MR) is 40.8 cm³/mol. The molecule has 4 heteroatoms. The van der Waals surface area contributed by atoms with Crippen LogP contribution >= 0.6 is 0 Å². The average molecular weight is 154 g/mol. The maximum Gasteiger partial charge on any atom is 0.150 e. The summed E-state index contributed by atoms with van der Waals surface area (Å²) < 4.78 is 0. The Labute approximate surface area is 64.6 Å². The number of nitrogens with two attached hydrogens (primary N) is 2. The number of aryl methyl sites for hydroxylation is 1. The molecular formula is C7H10N2O2. The minimum atomic E-state index is 0.586. The van der Waals surface area contributed by atoms with Crippen molar-refractivity contribution in [3.63, 3.8) is 0 Å². The summed E-state index contributed by atoms with van der Waals surface area (Å²) >= 11 is 0. The topological polar surface area (TPSA) is 70.5 Å². The van der Waals surface area contributed by atoms with Crippen molar-refractivity contribution in [2.45, 2.75) is 6.92 Å². The SMILES string of the molecule is Cc1cc(ON)ccc1ON. The fraction of sp³-hybridized carbons (Fsp3) is 0.143. The Balaban J connectivity index is 2.99. The van der Waals surface area contributed by atoms with Crippen molar-refractivity contribution in [1.82, 2.24) is 0 Å². The summed E-state index contributed by atoms with van der Waals surface area (Å²) in [6.07, 6.45) is 0. The molecule has 0 saturated heterocycles. The van der Waals surface area contributed by atoms with Gasteiger partial charge in [-0.25, -0.2) is 0 Å². The van der Waals surface area contributed by atoms with E-state index in [-0.39, 0.29) is 0 Å². The number of benzene rings is 1. The lowest BCUT2D eigenvalue weighted by atomic mass is 10.2. The van der Waals surface area contributed by atoms with E-state index in [4.69, 9.17) is 11.8 Å². The summed E-state index contributed by atoms with van der Waals surface area (Å²) in [5, 5.41) is 0. The van der Waals surface area contributed by atoms with Crippen LogP contribution in [0.5, 0.6) is 11.5 Å². The Morgan fingerprint density at radius 2 is 1.91 bits per heavy atom. The Hall–Kier alpha value is -1.26. The van der Waals surface area contributed by atoms with Crippen LogP contribution in [0.25, 0.3) is 0 Å². The summed E-state index contributed by atoms with van der Waals surface area (Å²) in [5.41, 5.74) is 0.885. The molecule has 0 bridgehead atoms. The maximum absolute atomic E-state index is 4.97. The highest BCUT2D eigenvalue weighted by molar-refractivity contribution is 5.38. The van der Waals surface area contributed by atoms with Crippen molar-refractivity contribution in [3.8, 4) is 11.5 Å². The molecule has 1 rings (SSSR count). The average Bonchev–Trinajstić information content (AvgIpc) is 2.04. The molecule has 0 aromatic heterocycles. The first-order valence-electron chi connectivity index (χ1n) is 3.12. The Kier molecular flexibility index (Phi) is 2.30. The van der Waals surface area contributed by atoms with E-state index in [1.807, 2.05) is 6.92 Å². The Bertz CT molecular complexity index is 250. The fourth-order valence-electron chi connectivity index (χ4n) is 0.827. The molecule has 0 heterocycles. The second-order valence-electron chi connectivity index (χ2n) is 2.16. The van der Waals surface area contributed by atoms with Gasteiger partial charge in [0.15, 0.2) is 0 Å². The number of hydrogen-bond donors (Lipinski definition) is 2. The van der Waals surface area contributed by atoms with Crippen LogP contribution in [-0.2, 0) is 0 Å². The van der Waals surface area contributed by atoms with Gasteiger partial charge in [0.2, 0.25) is 0 Å². The van der Waals surface area contributed by atoms with Gasteiger partial charge in [0.05, 0.1) is 0 Å². The zero-order chi connectivity index (χ0) is 8.27. The third-order valence-electron chi connectivity index (χ3n) is 1.41. The molecule has 4 N–H and O–H groups in total. The van der Waals surface area contributed by atoms with Crippen molar-refractivity contribution >= 4 is 0 Å². The highest BCUT2D eigenvalue weighted by Crippen LogP contribution is 2.21.